The van der Waals surface area contributed by atoms with Crippen LogP contribution in [0.3, 0.4) is 0 Å². The molecule has 0 heterocycles. The number of benzene rings is 4. The number of hydrogen-bond donors (Lipinski definition) is 2. The predicted molar refractivity (Wildman–Crippen MR) is 106 cm³/mol. The Labute approximate surface area is 147 Å². The second kappa shape index (κ2) is 5.43. The number of nitrogens with one attached hydrogen (secondary N) is 1. The summed E-state index contributed by atoms with van der Waals surface area (Å²) in [6, 6.07) is 18.3. The standard InChI is InChI=1S/C22H22N2O/c1-22(2,3)20(23)21(25)24-17-12-10-15-8-7-13-5-4-6-14-9-11-16(17)19(15)18(13)14/h4-12,20H,23H2,1-3H3,(H,24,25)/t20-/m1/s1. The maximum Gasteiger partial charge on any atom is 0.241 e. The van der Waals surface area contributed by atoms with Gasteiger partial charge in [-0.2, -0.15) is 0 Å². The first-order chi connectivity index (χ1) is 11.9. The van der Waals surface area contributed by atoms with Gasteiger partial charge in [-0.25, -0.2) is 0 Å². The molecule has 0 fully saturated rings. The van der Waals surface area contributed by atoms with Crippen molar-refractivity contribution in [3.05, 3.63) is 54.6 Å². The molecule has 3 heteroatoms. The Bertz CT molecular complexity index is 1080. The van der Waals surface area contributed by atoms with Crippen LogP contribution in [0.1, 0.15) is 20.8 Å². The van der Waals surface area contributed by atoms with E-state index in [1.54, 1.807) is 0 Å². The fourth-order valence-electron chi connectivity index (χ4n) is 3.45. The molecule has 1 amide bonds. The largest absolute Gasteiger partial charge is 0.324 e. The summed E-state index contributed by atoms with van der Waals surface area (Å²) in [5.74, 6) is -0.150. The summed E-state index contributed by atoms with van der Waals surface area (Å²) in [4.78, 5) is 12.6. The van der Waals surface area contributed by atoms with Crippen LogP contribution in [0, 0.1) is 5.41 Å². The molecule has 25 heavy (non-hydrogen) atoms. The minimum absolute atomic E-state index is 0.150. The van der Waals surface area contributed by atoms with E-state index in [1.807, 2.05) is 26.8 Å². The highest BCUT2D eigenvalue weighted by molar-refractivity contribution is 6.25. The molecule has 0 aliphatic carbocycles. The lowest BCUT2D eigenvalue weighted by atomic mass is 9.87. The van der Waals surface area contributed by atoms with Crippen molar-refractivity contribution >= 4 is 43.9 Å². The topological polar surface area (TPSA) is 55.1 Å². The van der Waals surface area contributed by atoms with Gasteiger partial charge in [0.05, 0.1) is 6.04 Å². The van der Waals surface area contributed by atoms with Crippen LogP contribution in [0.4, 0.5) is 5.69 Å². The maximum absolute atomic E-state index is 12.6. The van der Waals surface area contributed by atoms with Crippen molar-refractivity contribution in [3.63, 3.8) is 0 Å². The Morgan fingerprint density at radius 1 is 0.880 bits per heavy atom. The number of hydrogen-bond acceptors (Lipinski definition) is 2. The van der Waals surface area contributed by atoms with Crippen molar-refractivity contribution in [1.29, 1.82) is 0 Å². The van der Waals surface area contributed by atoms with Crippen molar-refractivity contribution in [1.82, 2.24) is 0 Å². The van der Waals surface area contributed by atoms with Gasteiger partial charge in [0, 0.05) is 11.1 Å². The Morgan fingerprint density at radius 3 is 2.08 bits per heavy atom. The minimum atomic E-state index is -0.564. The third kappa shape index (κ3) is 2.52. The molecule has 0 bridgehead atoms. The van der Waals surface area contributed by atoms with Gasteiger partial charge in [0.2, 0.25) is 5.91 Å². The summed E-state index contributed by atoms with van der Waals surface area (Å²) in [6.45, 7) is 5.92. The summed E-state index contributed by atoms with van der Waals surface area (Å²) in [5.41, 5.74) is 6.65. The molecule has 0 radical (unpaired) electrons. The first kappa shape index (κ1) is 15.9. The molecule has 4 aromatic rings. The lowest BCUT2D eigenvalue weighted by molar-refractivity contribution is -0.119. The van der Waals surface area contributed by atoms with Crippen molar-refractivity contribution in [2.24, 2.45) is 11.1 Å². The second-order valence-electron chi connectivity index (χ2n) is 7.80. The zero-order valence-corrected chi connectivity index (χ0v) is 14.8. The number of carbonyl (C=O) groups excluding carboxylic acids is 1. The Morgan fingerprint density at radius 2 is 1.44 bits per heavy atom. The summed E-state index contributed by atoms with van der Waals surface area (Å²) in [5, 5.41) is 10.1. The molecule has 0 aliphatic rings. The van der Waals surface area contributed by atoms with Gasteiger partial charge < -0.3 is 11.1 Å². The van der Waals surface area contributed by atoms with E-state index >= 15 is 0 Å². The fourth-order valence-corrected chi connectivity index (χ4v) is 3.45. The highest BCUT2D eigenvalue weighted by atomic mass is 16.2. The summed E-state index contributed by atoms with van der Waals surface area (Å²) < 4.78 is 0. The van der Waals surface area contributed by atoms with Crippen LogP contribution >= 0.6 is 0 Å². The number of nitrogens with two attached hydrogens (primary N) is 1. The molecular weight excluding hydrogens is 308 g/mol. The van der Waals surface area contributed by atoms with Crippen LogP contribution in [0.2, 0.25) is 0 Å². The SMILES string of the molecule is CC(C)(C)[C@H](N)C(=O)Nc1ccc2ccc3cccc4ccc1c2c34. The van der Waals surface area contributed by atoms with Crippen LogP contribution in [-0.4, -0.2) is 11.9 Å². The molecule has 126 valence electrons. The predicted octanol–water partition coefficient (Wildman–Crippen LogP) is 4.90. The highest BCUT2D eigenvalue weighted by Gasteiger charge is 2.27. The lowest BCUT2D eigenvalue weighted by Gasteiger charge is -2.26. The van der Waals surface area contributed by atoms with E-state index in [0.29, 0.717) is 0 Å². The van der Waals surface area contributed by atoms with E-state index in [1.165, 1.54) is 26.9 Å². The van der Waals surface area contributed by atoms with Crippen LogP contribution < -0.4 is 11.1 Å². The maximum atomic E-state index is 12.6. The van der Waals surface area contributed by atoms with Gasteiger partial charge in [-0.3, -0.25) is 4.79 Å². The molecule has 0 saturated heterocycles. The molecule has 0 spiro atoms. The quantitative estimate of drug-likeness (QED) is 0.514. The van der Waals surface area contributed by atoms with Crippen molar-refractivity contribution < 1.29 is 4.79 Å². The number of amides is 1. The molecular formula is C22H22N2O. The van der Waals surface area contributed by atoms with Gasteiger partial charge in [0.25, 0.3) is 0 Å². The zero-order valence-electron chi connectivity index (χ0n) is 14.8. The normalized spacial score (nSPS) is 13.6. The third-order valence-electron chi connectivity index (χ3n) is 5.00. The van der Waals surface area contributed by atoms with E-state index in [2.05, 4.69) is 53.8 Å². The van der Waals surface area contributed by atoms with Gasteiger partial charge in [0.15, 0.2) is 0 Å². The zero-order chi connectivity index (χ0) is 17.8. The van der Waals surface area contributed by atoms with E-state index < -0.39 is 6.04 Å². The molecule has 0 aliphatic heterocycles. The Kier molecular flexibility index (Phi) is 3.44. The molecule has 3 nitrogen and oxygen atoms in total. The third-order valence-corrected chi connectivity index (χ3v) is 5.00. The van der Waals surface area contributed by atoms with Crippen molar-refractivity contribution in [3.8, 4) is 0 Å². The van der Waals surface area contributed by atoms with Crippen LogP contribution in [0.5, 0.6) is 0 Å². The monoisotopic (exact) mass is 330 g/mol. The van der Waals surface area contributed by atoms with E-state index in [4.69, 9.17) is 5.73 Å². The average Bonchev–Trinajstić information content (AvgIpc) is 2.59. The van der Waals surface area contributed by atoms with Crippen LogP contribution in [-0.2, 0) is 4.79 Å². The molecule has 1 atom stereocenters. The number of anilines is 1. The van der Waals surface area contributed by atoms with Crippen LogP contribution in [0.15, 0.2) is 54.6 Å². The number of carbonyl (C=O) groups is 1. The molecule has 0 unspecified atom stereocenters. The first-order valence-corrected chi connectivity index (χ1v) is 8.59. The van der Waals surface area contributed by atoms with E-state index in [-0.39, 0.29) is 11.3 Å². The van der Waals surface area contributed by atoms with Gasteiger partial charge in [-0.1, -0.05) is 69.3 Å². The molecule has 0 saturated carbocycles. The van der Waals surface area contributed by atoms with E-state index in [0.717, 1.165) is 11.1 Å². The first-order valence-electron chi connectivity index (χ1n) is 8.59. The van der Waals surface area contributed by atoms with Gasteiger partial charge in [-0.15, -0.1) is 0 Å². The number of rotatable bonds is 2. The van der Waals surface area contributed by atoms with Crippen molar-refractivity contribution in [2.75, 3.05) is 5.32 Å². The molecule has 4 aromatic carbocycles. The molecule has 4 rings (SSSR count). The van der Waals surface area contributed by atoms with Gasteiger partial charge in [0.1, 0.15) is 0 Å². The summed E-state index contributed by atoms with van der Waals surface area (Å²) in [7, 11) is 0. The smallest absolute Gasteiger partial charge is 0.241 e. The highest BCUT2D eigenvalue weighted by Crippen LogP contribution is 2.37. The minimum Gasteiger partial charge on any atom is -0.324 e. The van der Waals surface area contributed by atoms with Gasteiger partial charge in [-0.05, 0) is 38.4 Å². The van der Waals surface area contributed by atoms with Crippen LogP contribution in [0.25, 0.3) is 32.3 Å². The summed E-state index contributed by atoms with van der Waals surface area (Å²) >= 11 is 0. The second-order valence-corrected chi connectivity index (χ2v) is 7.80. The Hall–Kier alpha value is -2.65. The Balaban J connectivity index is 1.89. The molecule has 0 aromatic heterocycles. The fraction of sp³-hybridized carbons (Fsp3) is 0.227. The lowest BCUT2D eigenvalue weighted by Crippen LogP contribution is -2.45. The average molecular weight is 330 g/mol. The van der Waals surface area contributed by atoms with Gasteiger partial charge >= 0.3 is 0 Å². The summed E-state index contributed by atoms with van der Waals surface area (Å²) in [6.07, 6.45) is 0. The van der Waals surface area contributed by atoms with Crippen molar-refractivity contribution in [2.45, 2.75) is 26.8 Å². The molecule has 3 N–H and O–H groups in total. The van der Waals surface area contributed by atoms with E-state index in [9.17, 15) is 4.79 Å².